The normalized spacial score (nSPS) is 11.0. The lowest BCUT2D eigenvalue weighted by Gasteiger charge is -2.21. The number of hydrogen-bond donors (Lipinski definition) is 1. The zero-order chi connectivity index (χ0) is 17.7. The van der Waals surface area contributed by atoms with Gasteiger partial charge in [0.2, 0.25) is 5.91 Å². The lowest BCUT2D eigenvalue weighted by atomic mass is 10.2. The van der Waals surface area contributed by atoms with Crippen molar-refractivity contribution in [2.24, 2.45) is 5.10 Å². The molecule has 0 atom stereocenters. The number of anilines is 1. The van der Waals surface area contributed by atoms with Gasteiger partial charge in [-0.1, -0.05) is 0 Å². The number of carbonyl (C=O) groups is 1. The Labute approximate surface area is 144 Å². The number of rotatable bonds is 6. The molecule has 0 fully saturated rings. The number of carbonyl (C=O) groups excluding carboxylic acids is 1. The monoisotopic (exact) mass is 326 g/mol. The topological polar surface area (TPSA) is 49.6 Å². The number of aromatic nitrogens is 1. The summed E-state index contributed by atoms with van der Waals surface area (Å²) in [6.45, 7) is 11.9. The first-order valence-electron chi connectivity index (χ1n) is 8.31. The van der Waals surface area contributed by atoms with Gasteiger partial charge in [0.05, 0.1) is 6.21 Å². The lowest BCUT2D eigenvalue weighted by molar-refractivity contribution is -0.118. The van der Waals surface area contributed by atoms with Crippen LogP contribution in [-0.4, -0.2) is 29.8 Å². The molecule has 5 heteroatoms. The fraction of sp³-hybridized carbons (Fsp3) is 0.368. The summed E-state index contributed by atoms with van der Waals surface area (Å²) in [7, 11) is 0. The zero-order valence-electron chi connectivity index (χ0n) is 15.1. The standard InChI is InChI=1S/C19H26N4O/c1-6-22(7-2)18-8-10-19(11-9-18)23-14(3)12-17(15(23)4)13-20-21-16(5)24/h8-13H,6-7H2,1-5H3,(H,21,24)/b20-13+. The van der Waals surface area contributed by atoms with Gasteiger partial charge in [-0.25, -0.2) is 5.43 Å². The Morgan fingerprint density at radius 2 is 1.83 bits per heavy atom. The van der Waals surface area contributed by atoms with Crippen LogP contribution < -0.4 is 10.3 Å². The molecular weight excluding hydrogens is 300 g/mol. The minimum absolute atomic E-state index is 0.174. The highest BCUT2D eigenvalue weighted by Gasteiger charge is 2.10. The smallest absolute Gasteiger partial charge is 0.236 e. The van der Waals surface area contributed by atoms with E-state index in [1.807, 2.05) is 0 Å². The number of nitrogens with one attached hydrogen (secondary N) is 1. The molecule has 0 aliphatic heterocycles. The van der Waals surface area contributed by atoms with Gasteiger partial charge in [-0.3, -0.25) is 4.79 Å². The largest absolute Gasteiger partial charge is 0.372 e. The Balaban J connectivity index is 2.30. The van der Waals surface area contributed by atoms with Crippen molar-refractivity contribution in [3.8, 4) is 5.69 Å². The molecule has 0 unspecified atom stereocenters. The van der Waals surface area contributed by atoms with E-state index in [4.69, 9.17) is 0 Å². The van der Waals surface area contributed by atoms with Gasteiger partial charge >= 0.3 is 0 Å². The van der Waals surface area contributed by atoms with Gasteiger partial charge in [0.15, 0.2) is 0 Å². The van der Waals surface area contributed by atoms with Crippen LogP contribution in [0.3, 0.4) is 0 Å². The van der Waals surface area contributed by atoms with Gasteiger partial charge in [-0.05, 0) is 58.0 Å². The van der Waals surface area contributed by atoms with E-state index in [-0.39, 0.29) is 5.91 Å². The molecule has 1 N–H and O–H groups in total. The molecule has 0 spiro atoms. The number of aryl methyl sites for hydroxylation is 1. The SMILES string of the molecule is CCN(CC)c1ccc(-n2c(C)cc(/C=N/NC(C)=O)c2C)cc1. The van der Waals surface area contributed by atoms with Crippen molar-refractivity contribution < 1.29 is 4.79 Å². The zero-order valence-corrected chi connectivity index (χ0v) is 15.1. The molecule has 0 bridgehead atoms. The first-order chi connectivity index (χ1) is 11.5. The van der Waals surface area contributed by atoms with Crippen LogP contribution in [0.4, 0.5) is 5.69 Å². The minimum atomic E-state index is -0.174. The Morgan fingerprint density at radius 1 is 1.21 bits per heavy atom. The second-order valence-electron chi connectivity index (χ2n) is 5.78. The summed E-state index contributed by atoms with van der Waals surface area (Å²) >= 11 is 0. The van der Waals surface area contributed by atoms with Gasteiger partial charge < -0.3 is 9.47 Å². The third-order valence-electron chi connectivity index (χ3n) is 4.13. The molecule has 0 aliphatic rings. The maximum absolute atomic E-state index is 10.9. The molecule has 0 aliphatic carbocycles. The summed E-state index contributed by atoms with van der Waals surface area (Å²) in [4.78, 5) is 13.2. The van der Waals surface area contributed by atoms with Crippen LogP contribution in [0.1, 0.15) is 37.7 Å². The summed E-state index contributed by atoms with van der Waals surface area (Å²) in [5.74, 6) is -0.174. The van der Waals surface area contributed by atoms with E-state index in [9.17, 15) is 4.79 Å². The Morgan fingerprint density at radius 3 is 2.38 bits per heavy atom. The summed E-state index contributed by atoms with van der Waals surface area (Å²) in [6.07, 6.45) is 1.69. The third kappa shape index (κ3) is 3.85. The molecular formula is C19H26N4O. The van der Waals surface area contributed by atoms with Crippen molar-refractivity contribution in [1.29, 1.82) is 0 Å². The first-order valence-corrected chi connectivity index (χ1v) is 8.31. The van der Waals surface area contributed by atoms with E-state index in [0.29, 0.717) is 0 Å². The number of nitrogens with zero attached hydrogens (tertiary/aromatic N) is 3. The van der Waals surface area contributed by atoms with E-state index in [2.05, 4.69) is 78.0 Å². The quantitative estimate of drug-likeness (QED) is 0.653. The molecule has 1 amide bonds. The van der Waals surface area contributed by atoms with E-state index in [1.165, 1.54) is 12.6 Å². The minimum Gasteiger partial charge on any atom is -0.372 e. The fourth-order valence-electron chi connectivity index (χ4n) is 2.91. The van der Waals surface area contributed by atoms with Crippen LogP contribution in [0.5, 0.6) is 0 Å². The molecule has 2 rings (SSSR count). The molecule has 128 valence electrons. The first kappa shape index (κ1) is 17.8. The van der Waals surface area contributed by atoms with Gasteiger partial charge in [0.25, 0.3) is 0 Å². The Bertz CT molecular complexity index is 725. The summed E-state index contributed by atoms with van der Waals surface area (Å²) < 4.78 is 2.20. The van der Waals surface area contributed by atoms with E-state index < -0.39 is 0 Å². The van der Waals surface area contributed by atoms with Crippen molar-refractivity contribution in [2.75, 3.05) is 18.0 Å². The number of amides is 1. The molecule has 0 radical (unpaired) electrons. The van der Waals surface area contributed by atoms with E-state index in [1.54, 1.807) is 6.21 Å². The van der Waals surface area contributed by atoms with Crippen molar-refractivity contribution in [3.05, 3.63) is 47.3 Å². The maximum Gasteiger partial charge on any atom is 0.236 e. The number of hydrogen-bond acceptors (Lipinski definition) is 3. The van der Waals surface area contributed by atoms with Crippen molar-refractivity contribution >= 4 is 17.8 Å². The van der Waals surface area contributed by atoms with E-state index >= 15 is 0 Å². The van der Waals surface area contributed by atoms with Crippen LogP contribution in [0.25, 0.3) is 5.69 Å². The summed E-state index contributed by atoms with van der Waals surface area (Å²) in [6, 6.07) is 10.7. The van der Waals surface area contributed by atoms with Crippen LogP contribution in [0.2, 0.25) is 0 Å². The predicted octanol–water partition coefficient (Wildman–Crippen LogP) is 3.41. The highest BCUT2D eigenvalue weighted by Crippen LogP contribution is 2.22. The van der Waals surface area contributed by atoms with Crippen LogP contribution >= 0.6 is 0 Å². The molecule has 5 nitrogen and oxygen atoms in total. The Hall–Kier alpha value is -2.56. The fourth-order valence-corrected chi connectivity index (χ4v) is 2.91. The van der Waals surface area contributed by atoms with Crippen LogP contribution in [0.15, 0.2) is 35.4 Å². The van der Waals surface area contributed by atoms with Gasteiger partial charge in [0.1, 0.15) is 0 Å². The second-order valence-corrected chi connectivity index (χ2v) is 5.78. The maximum atomic E-state index is 10.9. The van der Waals surface area contributed by atoms with Crippen molar-refractivity contribution in [3.63, 3.8) is 0 Å². The van der Waals surface area contributed by atoms with Gasteiger partial charge in [0, 0.05) is 48.3 Å². The van der Waals surface area contributed by atoms with Crippen molar-refractivity contribution in [1.82, 2.24) is 9.99 Å². The van der Waals surface area contributed by atoms with E-state index in [0.717, 1.165) is 35.7 Å². The summed E-state index contributed by atoms with van der Waals surface area (Å²) in [5, 5.41) is 3.96. The molecule has 24 heavy (non-hydrogen) atoms. The Kier molecular flexibility index (Phi) is 5.79. The van der Waals surface area contributed by atoms with Crippen molar-refractivity contribution in [2.45, 2.75) is 34.6 Å². The average molecular weight is 326 g/mol. The second kappa shape index (κ2) is 7.81. The highest BCUT2D eigenvalue weighted by atomic mass is 16.2. The average Bonchev–Trinajstić information content (AvgIpc) is 2.83. The highest BCUT2D eigenvalue weighted by molar-refractivity contribution is 5.83. The van der Waals surface area contributed by atoms with Gasteiger partial charge in [-0.2, -0.15) is 5.10 Å². The number of hydrazone groups is 1. The molecule has 1 aromatic heterocycles. The third-order valence-corrected chi connectivity index (χ3v) is 4.13. The molecule has 2 aromatic rings. The molecule has 0 saturated carbocycles. The van der Waals surface area contributed by atoms with Crippen LogP contribution in [0, 0.1) is 13.8 Å². The number of benzene rings is 1. The molecule has 1 heterocycles. The van der Waals surface area contributed by atoms with Gasteiger partial charge in [-0.15, -0.1) is 0 Å². The van der Waals surface area contributed by atoms with Crippen LogP contribution in [-0.2, 0) is 4.79 Å². The predicted molar refractivity (Wildman–Crippen MR) is 100 cm³/mol. The lowest BCUT2D eigenvalue weighted by Crippen LogP contribution is -2.21. The molecule has 0 saturated heterocycles. The molecule has 1 aromatic carbocycles. The summed E-state index contributed by atoms with van der Waals surface area (Å²) in [5.41, 5.74) is 8.02.